The van der Waals surface area contributed by atoms with Gasteiger partial charge in [0.1, 0.15) is 37.0 Å². The molecular weight excluding hydrogens is 296 g/mol. The largest absolute Gasteiger partial charge is 0.297 e. The summed E-state index contributed by atoms with van der Waals surface area (Å²) < 4.78 is 0. The van der Waals surface area contributed by atoms with E-state index in [9.17, 15) is 4.79 Å². The first-order chi connectivity index (χ1) is 10.6. The minimum Gasteiger partial charge on any atom is -0.297 e. The summed E-state index contributed by atoms with van der Waals surface area (Å²) in [6.45, 7) is 8.35. The fourth-order valence-corrected chi connectivity index (χ4v) is 5.78. The van der Waals surface area contributed by atoms with Gasteiger partial charge in [-0.15, -0.1) is 0 Å². The van der Waals surface area contributed by atoms with Crippen LogP contribution in [-0.4, -0.2) is 32.0 Å². The standard InChI is InChI=1S/C18H23ClN2O/c1-3-17-9-20-11-18(4-2,16(17)22)12-21(10-17)15(20)13-7-5-6-8-14(13)19/h5-8,15H,3-4,9-12H2,1-2H3/p+2. The number of rotatable bonds is 3. The molecule has 0 radical (unpaired) electrons. The molecule has 1 aromatic rings. The van der Waals surface area contributed by atoms with Gasteiger partial charge in [-0.2, -0.15) is 0 Å². The number of hydrogen-bond acceptors (Lipinski definition) is 1. The molecule has 0 spiro atoms. The number of benzene rings is 1. The van der Waals surface area contributed by atoms with E-state index in [1.54, 1.807) is 9.80 Å². The minimum atomic E-state index is -0.0884. The molecule has 0 atom stereocenters. The molecule has 0 saturated carbocycles. The van der Waals surface area contributed by atoms with E-state index in [1.807, 2.05) is 12.1 Å². The summed E-state index contributed by atoms with van der Waals surface area (Å²) in [5, 5.41) is 0.877. The molecule has 2 N–H and O–H groups in total. The lowest BCUT2D eigenvalue weighted by atomic mass is 9.58. The van der Waals surface area contributed by atoms with E-state index >= 15 is 0 Å². The van der Waals surface area contributed by atoms with Crippen molar-refractivity contribution in [3.8, 4) is 0 Å². The minimum absolute atomic E-state index is 0.0884. The van der Waals surface area contributed by atoms with E-state index < -0.39 is 0 Å². The Morgan fingerprint density at radius 3 is 2.00 bits per heavy atom. The molecule has 4 fully saturated rings. The third kappa shape index (κ3) is 1.73. The fourth-order valence-electron chi connectivity index (χ4n) is 5.54. The van der Waals surface area contributed by atoms with Crippen molar-refractivity contribution in [3.63, 3.8) is 0 Å². The van der Waals surface area contributed by atoms with Gasteiger partial charge in [0.2, 0.25) is 6.17 Å². The Morgan fingerprint density at radius 2 is 1.55 bits per heavy atom. The van der Waals surface area contributed by atoms with Crippen LogP contribution in [-0.2, 0) is 4.79 Å². The second kappa shape index (κ2) is 4.80. The summed E-state index contributed by atoms with van der Waals surface area (Å²) >= 11 is 6.49. The quantitative estimate of drug-likeness (QED) is 0.834. The Bertz CT molecular complexity index is 587. The molecule has 0 amide bonds. The van der Waals surface area contributed by atoms with Crippen LogP contribution in [0.25, 0.3) is 0 Å². The molecule has 4 saturated heterocycles. The summed E-state index contributed by atoms with van der Waals surface area (Å²) in [6, 6.07) is 8.26. The number of halogens is 1. The van der Waals surface area contributed by atoms with Gasteiger partial charge in [0.25, 0.3) is 0 Å². The predicted molar refractivity (Wildman–Crippen MR) is 86.0 cm³/mol. The molecule has 22 heavy (non-hydrogen) atoms. The molecule has 3 nitrogen and oxygen atoms in total. The number of hydrogen-bond donors (Lipinski definition) is 2. The van der Waals surface area contributed by atoms with Crippen LogP contribution in [0.15, 0.2) is 24.3 Å². The highest BCUT2D eigenvalue weighted by Gasteiger charge is 2.70. The highest BCUT2D eigenvalue weighted by atomic mass is 35.5. The molecule has 118 valence electrons. The Labute approximate surface area is 137 Å². The van der Waals surface area contributed by atoms with Crippen LogP contribution in [0.4, 0.5) is 0 Å². The molecule has 0 unspecified atom stereocenters. The summed E-state index contributed by atoms with van der Waals surface area (Å²) in [5.74, 6) is 0.565. The van der Waals surface area contributed by atoms with Crippen LogP contribution in [0.2, 0.25) is 5.02 Å². The fraction of sp³-hybridized carbons (Fsp3) is 0.611. The zero-order valence-corrected chi connectivity index (χ0v) is 14.2. The van der Waals surface area contributed by atoms with E-state index in [0.29, 0.717) is 11.9 Å². The van der Waals surface area contributed by atoms with Gasteiger partial charge in [0.15, 0.2) is 5.78 Å². The first kappa shape index (κ1) is 14.7. The van der Waals surface area contributed by atoms with Gasteiger partial charge in [0.05, 0.1) is 10.6 Å². The molecule has 4 bridgehead atoms. The summed E-state index contributed by atoms with van der Waals surface area (Å²) in [6.07, 6.45) is 2.37. The van der Waals surface area contributed by atoms with Crippen LogP contribution in [0.1, 0.15) is 38.4 Å². The van der Waals surface area contributed by atoms with Crippen LogP contribution in [0.5, 0.6) is 0 Å². The molecular formula is C18H25ClN2O+2. The first-order valence-electron chi connectivity index (χ1n) is 8.54. The Hall–Kier alpha value is -0.900. The first-order valence-corrected chi connectivity index (χ1v) is 8.91. The Balaban J connectivity index is 1.78. The van der Waals surface area contributed by atoms with Crippen LogP contribution < -0.4 is 9.80 Å². The molecule has 0 aliphatic carbocycles. The van der Waals surface area contributed by atoms with Crippen LogP contribution in [0.3, 0.4) is 0 Å². The Kier molecular flexibility index (Phi) is 3.20. The second-order valence-electron chi connectivity index (χ2n) is 7.58. The van der Waals surface area contributed by atoms with Crippen molar-refractivity contribution >= 4 is 17.4 Å². The number of carbonyl (C=O) groups excluding carboxylic acids is 1. The molecule has 0 aromatic heterocycles. The number of nitrogens with one attached hydrogen (secondary N) is 2. The molecule has 4 aliphatic heterocycles. The zero-order valence-electron chi connectivity index (χ0n) is 13.4. The zero-order chi connectivity index (χ0) is 15.5. The van der Waals surface area contributed by atoms with E-state index in [2.05, 4.69) is 26.0 Å². The van der Waals surface area contributed by atoms with Gasteiger partial charge >= 0.3 is 0 Å². The lowest BCUT2D eigenvalue weighted by Gasteiger charge is -2.60. The lowest BCUT2D eigenvalue weighted by molar-refractivity contribution is -1.18. The lowest BCUT2D eigenvalue weighted by Crippen LogP contribution is -3.41. The van der Waals surface area contributed by atoms with Gasteiger partial charge in [-0.25, -0.2) is 0 Å². The monoisotopic (exact) mass is 320 g/mol. The van der Waals surface area contributed by atoms with Crippen molar-refractivity contribution in [3.05, 3.63) is 34.9 Å². The second-order valence-corrected chi connectivity index (χ2v) is 7.98. The highest BCUT2D eigenvalue weighted by Crippen LogP contribution is 2.41. The SMILES string of the molecule is CCC12C[NH+]3CC(CC)(C[NH+](C1)C3c1ccccc1Cl)C2=O. The molecule has 1 aromatic carbocycles. The maximum atomic E-state index is 13.1. The smallest absolute Gasteiger partial charge is 0.241 e. The highest BCUT2D eigenvalue weighted by molar-refractivity contribution is 6.31. The van der Waals surface area contributed by atoms with E-state index in [-0.39, 0.29) is 10.8 Å². The third-order valence-electron chi connectivity index (χ3n) is 6.61. The normalized spacial score (nSPS) is 42.9. The van der Waals surface area contributed by atoms with Gasteiger partial charge in [0, 0.05) is 0 Å². The van der Waals surface area contributed by atoms with Crippen molar-refractivity contribution in [1.29, 1.82) is 0 Å². The molecule has 4 heterocycles. The third-order valence-corrected chi connectivity index (χ3v) is 6.96. The summed E-state index contributed by atoms with van der Waals surface area (Å²) in [7, 11) is 0. The Morgan fingerprint density at radius 1 is 1.05 bits per heavy atom. The van der Waals surface area contributed by atoms with Crippen molar-refractivity contribution in [1.82, 2.24) is 0 Å². The van der Waals surface area contributed by atoms with E-state index in [1.165, 1.54) is 5.56 Å². The van der Waals surface area contributed by atoms with E-state index in [4.69, 9.17) is 11.6 Å². The number of Topliss-reactive ketones (excluding diaryl/α,β-unsaturated/α-hetero) is 1. The van der Waals surface area contributed by atoms with Gasteiger partial charge in [-0.1, -0.05) is 37.6 Å². The average molecular weight is 321 g/mol. The average Bonchev–Trinajstić information content (AvgIpc) is 2.52. The molecule has 4 heteroatoms. The van der Waals surface area contributed by atoms with Gasteiger partial charge < -0.3 is 0 Å². The number of ketones is 1. The van der Waals surface area contributed by atoms with Crippen molar-refractivity contribution in [2.45, 2.75) is 32.9 Å². The van der Waals surface area contributed by atoms with Crippen molar-refractivity contribution in [2.75, 3.05) is 26.2 Å². The van der Waals surface area contributed by atoms with Gasteiger partial charge in [-0.3, -0.25) is 14.6 Å². The summed E-state index contributed by atoms with van der Waals surface area (Å²) in [4.78, 5) is 16.3. The topological polar surface area (TPSA) is 26.0 Å². The van der Waals surface area contributed by atoms with E-state index in [0.717, 1.165) is 44.0 Å². The number of carbonyl (C=O) groups is 1. The van der Waals surface area contributed by atoms with Crippen molar-refractivity contribution in [2.24, 2.45) is 10.8 Å². The summed E-state index contributed by atoms with van der Waals surface area (Å²) in [5.41, 5.74) is 1.09. The molecule has 5 rings (SSSR count). The molecule has 4 aliphatic rings. The van der Waals surface area contributed by atoms with Crippen LogP contribution in [0, 0.1) is 10.8 Å². The number of quaternary nitrogens is 2. The van der Waals surface area contributed by atoms with Crippen LogP contribution >= 0.6 is 11.6 Å². The van der Waals surface area contributed by atoms with Gasteiger partial charge in [-0.05, 0) is 25.0 Å². The maximum Gasteiger partial charge on any atom is 0.241 e. The van der Waals surface area contributed by atoms with Crippen molar-refractivity contribution < 1.29 is 14.6 Å². The maximum absolute atomic E-state index is 13.1. The predicted octanol–water partition coefficient (Wildman–Crippen LogP) is 0.511. The number of piperidine rings is 2.